The molecule has 6 nitrogen and oxygen atoms in total. The molecule has 1 aliphatic heterocycles. The number of carbonyl (C=O) groups excluding carboxylic acids is 2. The molecule has 28 heavy (non-hydrogen) atoms. The van der Waals surface area contributed by atoms with Crippen molar-refractivity contribution in [3.05, 3.63) is 54.1 Å². The Hall–Kier alpha value is -3.02. The van der Waals surface area contributed by atoms with Crippen molar-refractivity contribution >= 4 is 23.2 Å². The average molecular weight is 381 g/mol. The van der Waals surface area contributed by atoms with Crippen LogP contribution in [-0.4, -0.2) is 49.0 Å². The lowest BCUT2D eigenvalue weighted by molar-refractivity contribution is 0.101. The maximum absolute atomic E-state index is 12.7. The van der Waals surface area contributed by atoms with Gasteiger partial charge in [-0.1, -0.05) is 24.3 Å². The third kappa shape index (κ3) is 4.82. The van der Waals surface area contributed by atoms with Gasteiger partial charge in [-0.05, 0) is 45.0 Å². The maximum Gasteiger partial charge on any atom is 0.322 e. The lowest BCUT2D eigenvalue weighted by atomic mass is 10.1. The van der Waals surface area contributed by atoms with Gasteiger partial charge in [-0.3, -0.25) is 4.79 Å². The number of anilines is 2. The zero-order valence-corrected chi connectivity index (χ0v) is 16.6. The molecule has 0 atom stereocenters. The third-order valence-corrected chi connectivity index (χ3v) is 4.68. The number of ketones is 1. The average Bonchev–Trinajstić information content (AvgIpc) is 2.69. The molecule has 0 aliphatic carbocycles. The van der Waals surface area contributed by atoms with Crippen molar-refractivity contribution in [3.8, 4) is 5.75 Å². The fourth-order valence-electron chi connectivity index (χ4n) is 3.21. The van der Waals surface area contributed by atoms with Crippen LogP contribution in [-0.2, 0) is 0 Å². The molecule has 0 unspecified atom stereocenters. The largest absolute Gasteiger partial charge is 0.489 e. The highest BCUT2D eigenvalue weighted by Gasteiger charge is 2.22. The molecular formula is C22H27N3O3. The van der Waals surface area contributed by atoms with E-state index in [9.17, 15) is 9.59 Å². The first-order valence-electron chi connectivity index (χ1n) is 9.61. The van der Waals surface area contributed by atoms with Crippen LogP contribution in [0.2, 0.25) is 0 Å². The van der Waals surface area contributed by atoms with Crippen LogP contribution in [0, 0.1) is 0 Å². The van der Waals surface area contributed by atoms with E-state index in [1.165, 1.54) is 0 Å². The van der Waals surface area contributed by atoms with Crippen LogP contribution in [0.15, 0.2) is 48.5 Å². The summed E-state index contributed by atoms with van der Waals surface area (Å²) in [4.78, 5) is 28.3. The molecule has 1 heterocycles. The number of amides is 2. The second-order valence-electron chi connectivity index (χ2n) is 7.17. The van der Waals surface area contributed by atoms with Gasteiger partial charge in [0.1, 0.15) is 5.75 Å². The van der Waals surface area contributed by atoms with Crippen LogP contribution in [0.1, 0.15) is 31.1 Å². The molecule has 0 aromatic heterocycles. The number of hydrogen-bond donors (Lipinski definition) is 1. The van der Waals surface area contributed by atoms with Crippen LogP contribution in [0.4, 0.5) is 16.2 Å². The number of urea groups is 1. The van der Waals surface area contributed by atoms with Gasteiger partial charge >= 0.3 is 6.03 Å². The van der Waals surface area contributed by atoms with E-state index in [0.29, 0.717) is 30.1 Å². The summed E-state index contributed by atoms with van der Waals surface area (Å²) in [7, 11) is 0. The monoisotopic (exact) mass is 381 g/mol. The molecule has 6 heteroatoms. The summed E-state index contributed by atoms with van der Waals surface area (Å²) in [5.74, 6) is 0.729. The molecule has 0 spiro atoms. The topological polar surface area (TPSA) is 61.9 Å². The Morgan fingerprint density at radius 2 is 1.71 bits per heavy atom. The van der Waals surface area contributed by atoms with Crippen molar-refractivity contribution < 1.29 is 14.3 Å². The van der Waals surface area contributed by atoms with Crippen molar-refractivity contribution in [1.82, 2.24) is 4.90 Å². The van der Waals surface area contributed by atoms with Gasteiger partial charge in [0.05, 0.1) is 11.8 Å². The quantitative estimate of drug-likeness (QED) is 0.795. The lowest BCUT2D eigenvalue weighted by Crippen LogP contribution is -2.50. The fourth-order valence-corrected chi connectivity index (χ4v) is 3.21. The van der Waals surface area contributed by atoms with E-state index in [1.54, 1.807) is 11.8 Å². The van der Waals surface area contributed by atoms with Crippen LogP contribution >= 0.6 is 0 Å². The number of piperazine rings is 1. The van der Waals surface area contributed by atoms with E-state index >= 15 is 0 Å². The van der Waals surface area contributed by atoms with Gasteiger partial charge < -0.3 is 19.9 Å². The number of carbonyl (C=O) groups is 2. The summed E-state index contributed by atoms with van der Waals surface area (Å²) < 4.78 is 5.77. The fraction of sp³-hybridized carbons (Fsp3) is 0.364. The molecule has 0 radical (unpaired) electrons. The minimum absolute atomic E-state index is 0.0346. The summed E-state index contributed by atoms with van der Waals surface area (Å²) in [6, 6.07) is 15.0. The second kappa shape index (κ2) is 8.78. The smallest absolute Gasteiger partial charge is 0.322 e. The van der Waals surface area contributed by atoms with Crippen molar-refractivity contribution in [1.29, 1.82) is 0 Å². The summed E-state index contributed by atoms with van der Waals surface area (Å²) in [6.45, 7) is 8.16. The first-order valence-corrected chi connectivity index (χ1v) is 9.61. The molecule has 3 rings (SSSR count). The molecule has 2 aromatic rings. The predicted octanol–water partition coefficient (Wildman–Crippen LogP) is 4.03. The molecular weight excluding hydrogens is 354 g/mol. The first kappa shape index (κ1) is 19.7. The Labute approximate surface area is 166 Å². The molecule has 1 fully saturated rings. The molecule has 1 aliphatic rings. The molecule has 1 N–H and O–H groups in total. The van der Waals surface area contributed by atoms with E-state index < -0.39 is 0 Å². The summed E-state index contributed by atoms with van der Waals surface area (Å²) in [5.41, 5.74) is 2.40. The molecule has 1 saturated heterocycles. The first-order chi connectivity index (χ1) is 13.4. The van der Waals surface area contributed by atoms with E-state index in [4.69, 9.17) is 4.74 Å². The van der Waals surface area contributed by atoms with E-state index in [0.717, 1.165) is 18.8 Å². The Balaban J connectivity index is 1.60. The number of para-hydroxylation sites is 2. The SMILES string of the molecule is CC(=O)c1cccc(N2CCN(C(=O)Nc3ccccc3OC(C)C)CC2)c1. The Morgan fingerprint density at radius 3 is 2.39 bits per heavy atom. The zero-order valence-electron chi connectivity index (χ0n) is 16.6. The molecule has 0 saturated carbocycles. The number of ether oxygens (including phenoxy) is 1. The molecule has 148 valence electrons. The van der Waals surface area contributed by atoms with E-state index in [2.05, 4.69) is 10.2 Å². The van der Waals surface area contributed by atoms with Gasteiger partial charge in [-0.25, -0.2) is 4.79 Å². The van der Waals surface area contributed by atoms with Crippen LogP contribution in [0.25, 0.3) is 0 Å². The minimum Gasteiger partial charge on any atom is -0.489 e. The highest BCUT2D eigenvalue weighted by molar-refractivity contribution is 5.95. The predicted molar refractivity (Wildman–Crippen MR) is 111 cm³/mol. The van der Waals surface area contributed by atoms with Gasteiger partial charge in [0.2, 0.25) is 0 Å². The van der Waals surface area contributed by atoms with Crippen LogP contribution < -0.4 is 15.0 Å². The second-order valence-corrected chi connectivity index (χ2v) is 7.17. The van der Waals surface area contributed by atoms with Gasteiger partial charge in [-0.15, -0.1) is 0 Å². The van der Waals surface area contributed by atoms with Crippen molar-refractivity contribution in [2.75, 3.05) is 36.4 Å². The Kier molecular flexibility index (Phi) is 6.19. The number of nitrogens with one attached hydrogen (secondary N) is 1. The number of Topliss-reactive ketones (excluding diaryl/α,β-unsaturated/α-hetero) is 1. The Morgan fingerprint density at radius 1 is 1.00 bits per heavy atom. The van der Waals surface area contributed by atoms with Gasteiger partial charge in [-0.2, -0.15) is 0 Å². The van der Waals surface area contributed by atoms with Gasteiger partial charge in [0.15, 0.2) is 5.78 Å². The maximum atomic E-state index is 12.7. The zero-order chi connectivity index (χ0) is 20.1. The van der Waals surface area contributed by atoms with Crippen LogP contribution in [0.3, 0.4) is 0 Å². The molecule has 2 amide bonds. The third-order valence-electron chi connectivity index (χ3n) is 4.68. The van der Waals surface area contributed by atoms with Gasteiger partial charge in [0, 0.05) is 37.4 Å². The lowest BCUT2D eigenvalue weighted by Gasteiger charge is -2.36. The van der Waals surface area contributed by atoms with Gasteiger partial charge in [0.25, 0.3) is 0 Å². The van der Waals surface area contributed by atoms with Crippen LogP contribution in [0.5, 0.6) is 5.75 Å². The van der Waals surface area contributed by atoms with E-state index in [-0.39, 0.29) is 17.9 Å². The summed E-state index contributed by atoms with van der Waals surface area (Å²) in [6.07, 6.45) is 0.0346. The summed E-state index contributed by atoms with van der Waals surface area (Å²) >= 11 is 0. The number of nitrogens with zero attached hydrogens (tertiary/aromatic N) is 2. The molecule has 0 bridgehead atoms. The normalized spacial score (nSPS) is 14.1. The highest BCUT2D eigenvalue weighted by Crippen LogP contribution is 2.25. The van der Waals surface area contributed by atoms with Crippen molar-refractivity contribution in [2.24, 2.45) is 0 Å². The Bertz CT molecular complexity index is 842. The summed E-state index contributed by atoms with van der Waals surface area (Å²) in [5, 5.41) is 2.96. The van der Waals surface area contributed by atoms with Crippen molar-refractivity contribution in [3.63, 3.8) is 0 Å². The molecule has 2 aromatic carbocycles. The van der Waals surface area contributed by atoms with E-state index in [1.807, 2.05) is 62.4 Å². The number of benzene rings is 2. The number of hydrogen-bond acceptors (Lipinski definition) is 4. The highest BCUT2D eigenvalue weighted by atomic mass is 16.5. The minimum atomic E-state index is -0.128. The van der Waals surface area contributed by atoms with Crippen molar-refractivity contribution in [2.45, 2.75) is 26.9 Å². The standard InChI is InChI=1S/C22H27N3O3/c1-16(2)28-21-10-5-4-9-20(21)23-22(27)25-13-11-24(12-14-25)19-8-6-7-18(15-19)17(3)26/h4-10,15-16H,11-14H2,1-3H3,(H,23,27). The number of rotatable bonds is 5.